The number of allylic oxidation sites excluding steroid dienone is 16. The number of esters is 2. The van der Waals surface area contributed by atoms with Crippen LogP contribution in [0.5, 0.6) is 0 Å². The Balaban J connectivity index is 4.31. The molecule has 0 N–H and O–H groups in total. The minimum absolute atomic E-state index is 0.0467. The summed E-state index contributed by atoms with van der Waals surface area (Å²) < 4.78 is 17.4. The van der Waals surface area contributed by atoms with Crippen molar-refractivity contribution in [2.45, 2.75) is 271 Å². The van der Waals surface area contributed by atoms with E-state index in [0.29, 0.717) is 25.9 Å². The van der Waals surface area contributed by atoms with E-state index < -0.39 is 6.10 Å². The molecule has 68 heavy (non-hydrogen) atoms. The number of ether oxygens (including phenoxy) is 3. The van der Waals surface area contributed by atoms with Gasteiger partial charge in [0.2, 0.25) is 0 Å². The quantitative estimate of drug-likeness (QED) is 0.0345. The molecule has 0 heterocycles. The smallest absolute Gasteiger partial charge is 0.306 e. The molecule has 0 fully saturated rings. The highest BCUT2D eigenvalue weighted by Crippen LogP contribution is 2.16. The fourth-order valence-corrected chi connectivity index (χ4v) is 7.93. The van der Waals surface area contributed by atoms with Gasteiger partial charge in [-0.3, -0.25) is 9.59 Å². The molecule has 5 nitrogen and oxygen atoms in total. The van der Waals surface area contributed by atoms with E-state index in [0.717, 1.165) is 89.9 Å². The molecule has 0 aliphatic rings. The van der Waals surface area contributed by atoms with Crippen LogP contribution in [0, 0.1) is 0 Å². The molecule has 0 aromatic rings. The van der Waals surface area contributed by atoms with Crippen LogP contribution in [-0.2, 0) is 23.8 Å². The van der Waals surface area contributed by atoms with Gasteiger partial charge in [0.15, 0.2) is 6.10 Å². The number of carbonyl (C=O) groups excluding carboxylic acids is 2. The van der Waals surface area contributed by atoms with Crippen LogP contribution >= 0.6 is 0 Å². The molecule has 0 rings (SSSR count). The summed E-state index contributed by atoms with van der Waals surface area (Å²) in [6.07, 6.45) is 78.8. The Labute approximate surface area is 422 Å². The summed E-state index contributed by atoms with van der Waals surface area (Å²) in [6.45, 7) is 7.53. The third-order valence-electron chi connectivity index (χ3n) is 12.1. The maximum absolute atomic E-state index is 12.8. The van der Waals surface area contributed by atoms with Crippen molar-refractivity contribution < 1.29 is 23.8 Å². The number of hydrogen-bond acceptors (Lipinski definition) is 5. The van der Waals surface area contributed by atoms with Gasteiger partial charge in [-0.25, -0.2) is 0 Å². The first-order chi connectivity index (χ1) is 33.6. The summed E-state index contributed by atoms with van der Waals surface area (Å²) in [4.78, 5) is 25.4. The van der Waals surface area contributed by atoms with E-state index in [1.54, 1.807) is 0 Å². The molecule has 1 unspecified atom stereocenters. The van der Waals surface area contributed by atoms with Crippen molar-refractivity contribution in [2.75, 3.05) is 19.8 Å². The Morgan fingerprint density at radius 1 is 0.338 bits per heavy atom. The van der Waals surface area contributed by atoms with Crippen LogP contribution in [0.15, 0.2) is 97.2 Å². The predicted octanol–water partition coefficient (Wildman–Crippen LogP) is 19.8. The zero-order valence-electron chi connectivity index (χ0n) is 44.8. The zero-order chi connectivity index (χ0) is 49.2. The standard InChI is InChI=1S/C63H108O5/c1-4-7-10-13-16-19-22-25-27-29-31-33-35-37-40-43-46-49-52-55-58-66-59-61(68-63(65)57-54-51-48-45-42-38-24-21-18-15-12-9-6-3)60-67-62(64)56-53-50-47-44-41-39-36-34-32-30-28-26-23-20-17-14-11-8-5-2/h8-9,11-12,17-18,20-21,26,28,32,34,38,42,48,51,61H,4-7,10,13-16,19,22-25,27,29-31,33,35-37,39-41,43-47,49-50,52-60H2,1-3H3/b11-8-,12-9-,20-17-,21-18-,28-26-,34-32-,42-38-,51-48-. The van der Waals surface area contributed by atoms with Gasteiger partial charge < -0.3 is 14.2 Å². The summed E-state index contributed by atoms with van der Waals surface area (Å²) in [7, 11) is 0. The fourth-order valence-electron chi connectivity index (χ4n) is 7.93. The monoisotopic (exact) mass is 945 g/mol. The van der Waals surface area contributed by atoms with Crippen LogP contribution in [0.3, 0.4) is 0 Å². The molecule has 0 spiro atoms. The molecule has 0 aromatic carbocycles. The molecule has 1 atom stereocenters. The Morgan fingerprint density at radius 3 is 1.12 bits per heavy atom. The number of hydrogen-bond donors (Lipinski definition) is 0. The third kappa shape index (κ3) is 55.4. The highest BCUT2D eigenvalue weighted by atomic mass is 16.6. The lowest BCUT2D eigenvalue weighted by Crippen LogP contribution is -2.30. The molecule has 0 aliphatic heterocycles. The molecule has 0 aromatic heterocycles. The molecule has 0 saturated carbocycles. The van der Waals surface area contributed by atoms with Crippen LogP contribution < -0.4 is 0 Å². The second-order valence-corrected chi connectivity index (χ2v) is 18.8. The van der Waals surface area contributed by atoms with Crippen LogP contribution in [0.1, 0.15) is 265 Å². The zero-order valence-corrected chi connectivity index (χ0v) is 44.8. The Kier molecular flexibility index (Phi) is 55.4. The summed E-state index contributed by atoms with van der Waals surface area (Å²) in [5.74, 6) is -0.503. The molecule has 0 bridgehead atoms. The average molecular weight is 946 g/mol. The van der Waals surface area contributed by atoms with Gasteiger partial charge >= 0.3 is 11.9 Å². The third-order valence-corrected chi connectivity index (χ3v) is 12.1. The van der Waals surface area contributed by atoms with E-state index in [1.807, 2.05) is 6.08 Å². The van der Waals surface area contributed by atoms with Gasteiger partial charge in [0, 0.05) is 19.4 Å². The molecular weight excluding hydrogens is 837 g/mol. The van der Waals surface area contributed by atoms with E-state index >= 15 is 0 Å². The van der Waals surface area contributed by atoms with Crippen LogP contribution in [-0.4, -0.2) is 37.9 Å². The van der Waals surface area contributed by atoms with Gasteiger partial charge in [-0.1, -0.05) is 266 Å². The molecule has 0 saturated heterocycles. The van der Waals surface area contributed by atoms with Crippen molar-refractivity contribution in [1.29, 1.82) is 0 Å². The number of rotatable bonds is 52. The van der Waals surface area contributed by atoms with Crippen molar-refractivity contribution >= 4 is 11.9 Å². The summed E-state index contributed by atoms with van der Waals surface area (Å²) >= 11 is 0. The average Bonchev–Trinajstić information content (AvgIpc) is 3.34. The fraction of sp³-hybridized carbons (Fsp3) is 0.714. The van der Waals surface area contributed by atoms with Gasteiger partial charge in [0.25, 0.3) is 0 Å². The normalized spacial score (nSPS) is 12.9. The van der Waals surface area contributed by atoms with E-state index in [-0.39, 0.29) is 25.2 Å². The highest BCUT2D eigenvalue weighted by molar-refractivity contribution is 5.70. The second kappa shape index (κ2) is 58.1. The number of carbonyl (C=O) groups is 2. The first kappa shape index (κ1) is 64.8. The van der Waals surface area contributed by atoms with Gasteiger partial charge in [0.1, 0.15) is 6.61 Å². The van der Waals surface area contributed by atoms with Gasteiger partial charge in [-0.2, -0.15) is 0 Å². The minimum atomic E-state index is -0.584. The molecule has 0 aliphatic carbocycles. The van der Waals surface area contributed by atoms with Crippen molar-refractivity contribution in [2.24, 2.45) is 0 Å². The predicted molar refractivity (Wildman–Crippen MR) is 297 cm³/mol. The van der Waals surface area contributed by atoms with Crippen molar-refractivity contribution in [1.82, 2.24) is 0 Å². The summed E-state index contributed by atoms with van der Waals surface area (Å²) in [6, 6.07) is 0. The van der Waals surface area contributed by atoms with Crippen LogP contribution in [0.4, 0.5) is 0 Å². The second-order valence-electron chi connectivity index (χ2n) is 18.8. The highest BCUT2D eigenvalue weighted by Gasteiger charge is 2.17. The van der Waals surface area contributed by atoms with Crippen molar-refractivity contribution in [3.8, 4) is 0 Å². The van der Waals surface area contributed by atoms with E-state index in [2.05, 4.69) is 112 Å². The number of unbranched alkanes of at least 4 members (excludes halogenated alkanes) is 25. The first-order valence-electron chi connectivity index (χ1n) is 28.8. The Hall–Kier alpha value is -3.18. The van der Waals surface area contributed by atoms with Gasteiger partial charge in [-0.15, -0.1) is 0 Å². The van der Waals surface area contributed by atoms with Crippen LogP contribution in [0.25, 0.3) is 0 Å². The maximum Gasteiger partial charge on any atom is 0.306 e. The Morgan fingerprint density at radius 2 is 0.691 bits per heavy atom. The van der Waals surface area contributed by atoms with Gasteiger partial charge in [0.05, 0.1) is 6.61 Å². The largest absolute Gasteiger partial charge is 0.462 e. The van der Waals surface area contributed by atoms with Gasteiger partial charge in [-0.05, 0) is 83.5 Å². The minimum Gasteiger partial charge on any atom is -0.462 e. The lowest BCUT2D eigenvalue weighted by molar-refractivity contribution is -0.162. The molecule has 390 valence electrons. The van der Waals surface area contributed by atoms with E-state index in [4.69, 9.17) is 14.2 Å². The molecular formula is C63H108O5. The first-order valence-corrected chi connectivity index (χ1v) is 28.8. The molecule has 0 radical (unpaired) electrons. The van der Waals surface area contributed by atoms with Crippen molar-refractivity contribution in [3.63, 3.8) is 0 Å². The van der Waals surface area contributed by atoms with Crippen molar-refractivity contribution in [3.05, 3.63) is 97.2 Å². The van der Waals surface area contributed by atoms with E-state index in [9.17, 15) is 9.59 Å². The SMILES string of the molecule is CC/C=C\C/C=C\C/C=C\C/C=C\CCCCCCCCC(=O)OCC(COCCCCCCCCCCCCCCCCCCCCCC)OC(=O)CC/C=C\C/C=C\C/C=C\C/C=C\CC. The summed E-state index contributed by atoms with van der Waals surface area (Å²) in [5, 5.41) is 0. The van der Waals surface area contributed by atoms with Crippen LogP contribution in [0.2, 0.25) is 0 Å². The Bertz CT molecular complexity index is 1300. The topological polar surface area (TPSA) is 61.8 Å². The lowest BCUT2D eigenvalue weighted by Gasteiger charge is -2.18. The molecule has 5 heteroatoms. The van der Waals surface area contributed by atoms with E-state index in [1.165, 1.54) is 135 Å². The molecule has 0 amide bonds. The summed E-state index contributed by atoms with van der Waals surface area (Å²) in [5.41, 5.74) is 0. The maximum atomic E-state index is 12.8. The lowest BCUT2D eigenvalue weighted by atomic mass is 10.0.